The molecule has 1 atom stereocenters. The first kappa shape index (κ1) is 8.67. The first-order chi connectivity index (χ1) is 3.79. The van der Waals surface area contributed by atoms with Crippen LogP contribution in [0.5, 0.6) is 0 Å². The van der Waals surface area contributed by atoms with Crippen molar-refractivity contribution in [3.63, 3.8) is 0 Å². The molecule has 0 bridgehead atoms. The van der Waals surface area contributed by atoms with Gasteiger partial charge in [-0.05, 0) is 6.08 Å². The summed E-state index contributed by atoms with van der Waals surface area (Å²) < 4.78 is 0. The van der Waals surface area contributed by atoms with Crippen LogP contribution in [0.3, 0.4) is 0 Å². The third-order valence-electron chi connectivity index (χ3n) is 0.805. The van der Waals surface area contributed by atoms with Crippen LogP contribution in [-0.4, -0.2) is 11.4 Å². The highest BCUT2D eigenvalue weighted by Crippen LogP contribution is 1.80. The third-order valence-corrected chi connectivity index (χ3v) is 0.805. The molecule has 5 nitrogen and oxygen atoms in total. The lowest BCUT2D eigenvalue weighted by molar-refractivity contribution is 0.116. The summed E-state index contributed by atoms with van der Waals surface area (Å²) in [6.07, 6.45) is 3.24. The maximum atomic E-state index is 5.37. The molecule has 0 saturated carbocycles. The van der Waals surface area contributed by atoms with E-state index >= 15 is 0 Å². The van der Waals surface area contributed by atoms with Gasteiger partial charge in [0.2, 0.25) is 0 Å². The molecular formula is C3H10ClN5. The van der Waals surface area contributed by atoms with E-state index in [0.29, 0.717) is 0 Å². The van der Waals surface area contributed by atoms with E-state index in [9.17, 15) is 0 Å². The fourth-order valence-corrected chi connectivity index (χ4v) is 0.468. The molecule has 9 heavy (non-hydrogen) atoms. The van der Waals surface area contributed by atoms with Gasteiger partial charge in [0.15, 0.2) is 0 Å². The number of hydrogen-bond acceptors (Lipinski definition) is 5. The second kappa shape index (κ2) is 3.65. The van der Waals surface area contributed by atoms with E-state index in [-0.39, 0.29) is 18.6 Å². The van der Waals surface area contributed by atoms with Gasteiger partial charge in [-0.15, -0.1) is 12.4 Å². The lowest BCUT2D eigenvalue weighted by Crippen LogP contribution is -2.59. The predicted molar refractivity (Wildman–Crippen MR) is 36.7 cm³/mol. The van der Waals surface area contributed by atoms with Crippen molar-refractivity contribution in [2.75, 3.05) is 0 Å². The summed E-state index contributed by atoms with van der Waals surface area (Å²) >= 11 is 0. The Morgan fingerprint density at radius 3 is 2.56 bits per heavy atom. The standard InChI is InChI=1S/C3H9N5.ClH/c4-3-1-2-6-8(5)7-3;/h1-3,6-7H,4-5H2;1H. The number of halogens is 1. The van der Waals surface area contributed by atoms with Crippen molar-refractivity contribution in [2.24, 2.45) is 11.6 Å². The van der Waals surface area contributed by atoms with Crippen molar-refractivity contribution in [3.05, 3.63) is 12.3 Å². The molecule has 0 aromatic carbocycles. The Morgan fingerprint density at radius 1 is 1.56 bits per heavy atom. The van der Waals surface area contributed by atoms with Crippen molar-refractivity contribution >= 4 is 12.4 Å². The molecular weight excluding hydrogens is 142 g/mol. The van der Waals surface area contributed by atoms with Gasteiger partial charge >= 0.3 is 0 Å². The van der Waals surface area contributed by atoms with Crippen LogP contribution in [0.2, 0.25) is 0 Å². The quantitative estimate of drug-likeness (QED) is 0.314. The van der Waals surface area contributed by atoms with Crippen LogP contribution in [-0.2, 0) is 0 Å². The summed E-state index contributed by atoms with van der Waals surface area (Å²) in [5.74, 6) is 5.20. The van der Waals surface area contributed by atoms with Gasteiger partial charge in [-0.2, -0.15) is 0 Å². The second-order valence-electron chi connectivity index (χ2n) is 1.51. The van der Waals surface area contributed by atoms with Crippen molar-refractivity contribution in [2.45, 2.75) is 6.17 Å². The van der Waals surface area contributed by atoms with E-state index < -0.39 is 0 Å². The molecule has 6 heteroatoms. The molecule has 0 radical (unpaired) electrons. The van der Waals surface area contributed by atoms with Gasteiger partial charge in [0.1, 0.15) is 0 Å². The second-order valence-corrected chi connectivity index (χ2v) is 1.51. The molecule has 0 fully saturated rings. The Morgan fingerprint density at radius 2 is 2.22 bits per heavy atom. The summed E-state index contributed by atoms with van der Waals surface area (Å²) in [5, 5.41) is 1.20. The average molecular weight is 152 g/mol. The fourth-order valence-electron chi connectivity index (χ4n) is 0.468. The van der Waals surface area contributed by atoms with Gasteiger partial charge in [-0.3, -0.25) is 5.43 Å². The van der Waals surface area contributed by atoms with E-state index in [1.807, 2.05) is 0 Å². The zero-order valence-electron chi connectivity index (χ0n) is 4.74. The Balaban J connectivity index is 0.000000640. The van der Waals surface area contributed by atoms with Gasteiger partial charge in [-0.25, -0.2) is 11.3 Å². The van der Waals surface area contributed by atoms with Gasteiger partial charge in [0.05, 0.1) is 6.17 Å². The van der Waals surface area contributed by atoms with Crippen molar-refractivity contribution in [3.8, 4) is 0 Å². The average Bonchev–Trinajstić information content (AvgIpc) is 1.64. The third kappa shape index (κ3) is 2.64. The minimum atomic E-state index is -0.179. The number of hydrogen-bond donors (Lipinski definition) is 4. The summed E-state index contributed by atoms with van der Waals surface area (Å²) in [6.45, 7) is 0. The zero-order valence-corrected chi connectivity index (χ0v) is 5.56. The summed E-state index contributed by atoms with van der Waals surface area (Å²) in [5.41, 5.74) is 10.7. The molecule has 1 rings (SSSR count). The number of nitrogens with two attached hydrogens (primary N) is 2. The maximum Gasteiger partial charge on any atom is 0.0919 e. The highest BCUT2D eigenvalue weighted by atomic mass is 35.5. The van der Waals surface area contributed by atoms with E-state index in [2.05, 4.69) is 10.9 Å². The molecule has 1 aliphatic heterocycles. The number of rotatable bonds is 0. The molecule has 0 aliphatic carbocycles. The summed E-state index contributed by atoms with van der Waals surface area (Å²) in [7, 11) is 0. The lowest BCUT2D eigenvalue weighted by atomic mass is 10.5. The molecule has 54 valence electrons. The minimum Gasteiger partial charge on any atom is -0.311 e. The van der Waals surface area contributed by atoms with E-state index in [1.165, 1.54) is 5.23 Å². The molecule has 1 unspecified atom stereocenters. The number of nitrogens with one attached hydrogen (secondary N) is 2. The highest BCUT2D eigenvalue weighted by Gasteiger charge is 2.03. The van der Waals surface area contributed by atoms with Crippen LogP contribution in [0.1, 0.15) is 0 Å². The van der Waals surface area contributed by atoms with Gasteiger partial charge < -0.3 is 5.73 Å². The summed E-state index contributed by atoms with van der Waals surface area (Å²) in [6, 6.07) is 0. The van der Waals surface area contributed by atoms with Crippen molar-refractivity contribution in [1.29, 1.82) is 0 Å². The largest absolute Gasteiger partial charge is 0.311 e. The van der Waals surface area contributed by atoms with Gasteiger partial charge in [0, 0.05) is 6.20 Å². The zero-order chi connectivity index (χ0) is 5.98. The number of hydrazine groups is 3. The van der Waals surface area contributed by atoms with Crippen molar-refractivity contribution < 1.29 is 0 Å². The Labute approximate surface area is 59.4 Å². The summed E-state index contributed by atoms with van der Waals surface area (Å²) in [4.78, 5) is 0. The Hall–Kier alpha value is -0.330. The first-order valence-electron chi connectivity index (χ1n) is 2.28. The van der Waals surface area contributed by atoms with E-state index in [0.717, 1.165) is 0 Å². The maximum absolute atomic E-state index is 5.37. The van der Waals surface area contributed by atoms with Gasteiger partial charge in [-0.1, -0.05) is 5.23 Å². The fraction of sp³-hybridized carbons (Fsp3) is 0.333. The molecule has 0 spiro atoms. The molecule has 1 aliphatic rings. The first-order valence-corrected chi connectivity index (χ1v) is 2.28. The molecule has 0 aromatic rings. The normalized spacial score (nSPS) is 26.7. The molecule has 6 N–H and O–H groups in total. The van der Waals surface area contributed by atoms with Crippen LogP contribution in [0.15, 0.2) is 12.3 Å². The smallest absolute Gasteiger partial charge is 0.0919 e. The van der Waals surface area contributed by atoms with Crippen LogP contribution in [0.25, 0.3) is 0 Å². The van der Waals surface area contributed by atoms with Crippen LogP contribution in [0.4, 0.5) is 0 Å². The molecule has 0 saturated heterocycles. The van der Waals surface area contributed by atoms with Crippen LogP contribution < -0.4 is 22.4 Å². The lowest BCUT2D eigenvalue weighted by Gasteiger charge is -2.23. The molecule has 1 heterocycles. The minimum absolute atomic E-state index is 0. The predicted octanol–water partition coefficient (Wildman–Crippen LogP) is -1.59. The van der Waals surface area contributed by atoms with E-state index in [1.54, 1.807) is 12.3 Å². The SMILES string of the molecule is Cl.NC1C=CNN(N)N1. The highest BCUT2D eigenvalue weighted by molar-refractivity contribution is 5.85. The molecule has 0 amide bonds. The van der Waals surface area contributed by atoms with E-state index in [4.69, 9.17) is 11.6 Å². The van der Waals surface area contributed by atoms with Crippen LogP contribution in [0, 0.1) is 0 Å². The molecule has 0 aromatic heterocycles. The van der Waals surface area contributed by atoms with Crippen molar-refractivity contribution in [1.82, 2.24) is 16.1 Å². The monoisotopic (exact) mass is 151 g/mol. The number of nitrogens with zero attached hydrogens (tertiary/aromatic N) is 1. The van der Waals surface area contributed by atoms with Gasteiger partial charge in [0.25, 0.3) is 0 Å². The topological polar surface area (TPSA) is 79.3 Å². The van der Waals surface area contributed by atoms with Crippen LogP contribution >= 0.6 is 12.4 Å². The Kier molecular flexibility index (Phi) is 3.52. The Bertz CT molecular complexity index is 104.